The van der Waals surface area contributed by atoms with Gasteiger partial charge in [0.05, 0.1) is 18.8 Å². The fourth-order valence-corrected chi connectivity index (χ4v) is 2.20. The lowest BCUT2D eigenvalue weighted by molar-refractivity contribution is -0.00881. The summed E-state index contributed by atoms with van der Waals surface area (Å²) in [5.74, 6) is -0.412. The molecule has 17 heavy (non-hydrogen) atoms. The topological polar surface area (TPSA) is 79.2 Å². The van der Waals surface area contributed by atoms with Gasteiger partial charge in [-0.3, -0.25) is 0 Å². The molecule has 0 unspecified atom stereocenters. The van der Waals surface area contributed by atoms with Gasteiger partial charge in [0.15, 0.2) is 0 Å². The fraction of sp³-hybridized carbons (Fsp3) is 0.900. The molecule has 0 aromatic heterocycles. The summed E-state index contributed by atoms with van der Waals surface area (Å²) in [5.41, 5.74) is -0.549. The van der Waals surface area contributed by atoms with Gasteiger partial charge in [-0.1, -0.05) is 0 Å². The van der Waals surface area contributed by atoms with Gasteiger partial charge in [0.25, 0.3) is 0 Å². The van der Waals surface area contributed by atoms with Crippen molar-refractivity contribution in [3.05, 3.63) is 0 Å². The van der Waals surface area contributed by atoms with Crippen LogP contribution in [-0.4, -0.2) is 59.1 Å². The third kappa shape index (κ3) is 2.56. The Morgan fingerprint density at radius 3 is 2.65 bits per heavy atom. The zero-order valence-corrected chi connectivity index (χ0v) is 10.3. The highest BCUT2D eigenvalue weighted by Gasteiger charge is 2.63. The number of hydrogen-bond acceptors (Lipinski definition) is 5. The van der Waals surface area contributed by atoms with Gasteiger partial charge < -0.3 is 24.4 Å². The minimum atomic E-state index is -1.45. The monoisotopic (exact) mass is 243 g/mol. The number of rotatable bonds is 1. The van der Waals surface area contributed by atoms with Crippen LogP contribution >= 0.6 is 0 Å². The predicted molar refractivity (Wildman–Crippen MR) is 60.4 cm³/mol. The van der Waals surface area contributed by atoms with Crippen LogP contribution in [0.1, 0.15) is 20.8 Å². The van der Waals surface area contributed by atoms with Crippen LogP contribution in [0.15, 0.2) is 0 Å². The van der Waals surface area contributed by atoms with Gasteiger partial charge >= 0.3 is 13.2 Å². The molecule has 0 bridgehead atoms. The molecule has 0 spiro atoms. The molecular weight excluding hydrogens is 225 g/mol. The highest BCUT2D eigenvalue weighted by molar-refractivity contribution is 6.45. The van der Waals surface area contributed by atoms with Crippen LogP contribution in [-0.2, 0) is 9.47 Å². The Kier molecular flexibility index (Phi) is 3.09. The Morgan fingerprint density at radius 2 is 2.12 bits per heavy atom. The second-order valence-electron chi connectivity index (χ2n) is 5.49. The molecule has 6 nitrogen and oxygen atoms in total. The van der Waals surface area contributed by atoms with Gasteiger partial charge in [0.2, 0.25) is 0 Å². The zero-order valence-electron chi connectivity index (χ0n) is 10.3. The van der Waals surface area contributed by atoms with Crippen LogP contribution in [0, 0.1) is 0 Å². The molecule has 7 heteroatoms. The summed E-state index contributed by atoms with van der Waals surface area (Å²) in [4.78, 5) is 13.4. The second-order valence-corrected chi connectivity index (χ2v) is 5.49. The quantitative estimate of drug-likeness (QED) is 0.626. The number of carbonyl (C=O) groups excluding carboxylic acids is 1. The van der Waals surface area contributed by atoms with Crippen molar-refractivity contribution in [1.29, 1.82) is 0 Å². The molecule has 1 saturated carbocycles. The van der Waals surface area contributed by atoms with Crippen molar-refractivity contribution >= 4 is 13.2 Å². The summed E-state index contributed by atoms with van der Waals surface area (Å²) >= 11 is 0. The van der Waals surface area contributed by atoms with Crippen molar-refractivity contribution in [2.45, 2.75) is 44.3 Å². The number of carbonyl (C=O) groups is 1. The lowest BCUT2D eigenvalue weighted by Crippen LogP contribution is -2.44. The number of morpholine rings is 1. The number of fused-ring (bicyclic) bond motifs is 1. The van der Waals surface area contributed by atoms with Crippen LogP contribution in [0.5, 0.6) is 0 Å². The molecule has 1 heterocycles. The van der Waals surface area contributed by atoms with E-state index in [4.69, 9.17) is 19.5 Å². The van der Waals surface area contributed by atoms with E-state index >= 15 is 0 Å². The Balaban J connectivity index is 2.00. The molecule has 2 rings (SSSR count). The van der Waals surface area contributed by atoms with Crippen LogP contribution in [0.4, 0.5) is 4.79 Å². The standard InChI is InChI=1S/C10H18BNO5/c1-10(2,3)17-9(13)12-4-5-16-8-6(7(8)12)11(14)15/h6-8,14-15H,4-5H2,1-3H3/t6-,7-,8+/m0/s1. The lowest BCUT2D eigenvalue weighted by Gasteiger charge is -2.29. The van der Waals surface area contributed by atoms with Gasteiger partial charge in [-0.05, 0) is 20.8 Å². The molecular formula is C10H18BNO5. The average molecular weight is 243 g/mol. The fourth-order valence-electron chi connectivity index (χ4n) is 2.20. The van der Waals surface area contributed by atoms with Crippen molar-refractivity contribution in [3.63, 3.8) is 0 Å². The van der Waals surface area contributed by atoms with Crippen LogP contribution in [0.25, 0.3) is 0 Å². The van der Waals surface area contributed by atoms with Gasteiger partial charge in [0.1, 0.15) is 5.60 Å². The first kappa shape index (κ1) is 12.7. The summed E-state index contributed by atoms with van der Waals surface area (Å²) in [6.07, 6.45) is -0.685. The molecule has 0 aromatic carbocycles. The normalized spacial score (nSPS) is 31.8. The van der Waals surface area contributed by atoms with E-state index < -0.39 is 24.6 Å². The summed E-state index contributed by atoms with van der Waals surface area (Å²) < 4.78 is 10.6. The highest BCUT2D eigenvalue weighted by Crippen LogP contribution is 2.48. The number of nitrogens with zero attached hydrogens (tertiary/aromatic N) is 1. The molecule has 3 atom stereocenters. The third-order valence-corrected chi connectivity index (χ3v) is 2.94. The SMILES string of the molecule is CC(C)(C)OC(=O)N1CCO[C@@H]2[C@@H](B(O)O)[C@@H]21. The maximum atomic E-state index is 11.9. The molecule has 0 radical (unpaired) electrons. The number of hydrogen-bond donors (Lipinski definition) is 2. The number of amides is 1. The molecule has 96 valence electrons. The third-order valence-electron chi connectivity index (χ3n) is 2.94. The largest absolute Gasteiger partial charge is 0.459 e. The first-order valence-corrected chi connectivity index (χ1v) is 5.78. The average Bonchev–Trinajstić information content (AvgIpc) is 2.87. The van der Waals surface area contributed by atoms with Crippen LogP contribution < -0.4 is 0 Å². The molecule has 1 aliphatic heterocycles. The van der Waals surface area contributed by atoms with E-state index in [-0.39, 0.29) is 12.1 Å². The van der Waals surface area contributed by atoms with E-state index in [1.807, 2.05) is 0 Å². The van der Waals surface area contributed by atoms with E-state index in [1.165, 1.54) is 4.90 Å². The van der Waals surface area contributed by atoms with Crippen molar-refractivity contribution < 1.29 is 24.3 Å². The minimum Gasteiger partial charge on any atom is -0.444 e. The first-order valence-electron chi connectivity index (χ1n) is 5.78. The molecule has 0 aromatic rings. The Labute approximate surface area is 101 Å². The molecule has 2 fully saturated rings. The van der Waals surface area contributed by atoms with E-state index in [9.17, 15) is 4.79 Å². The summed E-state index contributed by atoms with van der Waals surface area (Å²) in [5, 5.41) is 18.3. The first-order chi connectivity index (χ1) is 7.81. The Bertz CT molecular complexity index is 316. The predicted octanol–water partition coefficient (Wildman–Crippen LogP) is -0.152. The maximum absolute atomic E-state index is 11.9. The van der Waals surface area contributed by atoms with Crippen molar-refractivity contribution in [1.82, 2.24) is 4.90 Å². The van der Waals surface area contributed by atoms with Gasteiger partial charge in [-0.15, -0.1) is 0 Å². The summed E-state index contributed by atoms with van der Waals surface area (Å²) in [6, 6.07) is -0.265. The molecule has 1 amide bonds. The van der Waals surface area contributed by atoms with E-state index in [1.54, 1.807) is 20.8 Å². The van der Waals surface area contributed by atoms with E-state index in [0.717, 1.165) is 0 Å². The van der Waals surface area contributed by atoms with Crippen LogP contribution in [0.3, 0.4) is 0 Å². The summed E-state index contributed by atoms with van der Waals surface area (Å²) in [7, 11) is -1.45. The Hall–Kier alpha value is -0.785. The van der Waals surface area contributed by atoms with Crippen molar-refractivity contribution in [2.75, 3.05) is 13.2 Å². The molecule has 1 aliphatic carbocycles. The maximum Gasteiger partial charge on any atom is 0.459 e. The zero-order chi connectivity index (χ0) is 12.8. The minimum absolute atomic E-state index is 0.265. The molecule has 2 aliphatic rings. The number of ether oxygens (including phenoxy) is 2. The van der Waals surface area contributed by atoms with Gasteiger partial charge in [-0.2, -0.15) is 0 Å². The Morgan fingerprint density at radius 1 is 1.47 bits per heavy atom. The molecule has 1 saturated heterocycles. The van der Waals surface area contributed by atoms with Crippen molar-refractivity contribution in [3.8, 4) is 0 Å². The second kappa shape index (κ2) is 4.15. The van der Waals surface area contributed by atoms with Crippen LogP contribution in [0.2, 0.25) is 5.82 Å². The van der Waals surface area contributed by atoms with E-state index in [2.05, 4.69) is 0 Å². The smallest absolute Gasteiger partial charge is 0.444 e. The van der Waals surface area contributed by atoms with E-state index in [0.29, 0.717) is 13.2 Å². The lowest BCUT2D eigenvalue weighted by atomic mass is 9.83. The van der Waals surface area contributed by atoms with Crippen molar-refractivity contribution in [2.24, 2.45) is 0 Å². The highest BCUT2D eigenvalue weighted by atomic mass is 16.6. The van der Waals surface area contributed by atoms with Gasteiger partial charge in [-0.25, -0.2) is 4.79 Å². The molecule has 2 N–H and O–H groups in total. The van der Waals surface area contributed by atoms with Gasteiger partial charge in [0, 0.05) is 12.4 Å². The summed E-state index contributed by atoms with van der Waals surface area (Å²) in [6.45, 7) is 6.24.